The van der Waals surface area contributed by atoms with Crippen molar-refractivity contribution in [3.05, 3.63) is 48.6 Å². The molecule has 55 heavy (non-hydrogen) atoms. The molecule has 1 amide bonds. The smallest absolute Gasteiger partial charge is 0.387 e. The van der Waals surface area contributed by atoms with Gasteiger partial charge in [-0.25, -0.2) is 4.57 Å². The van der Waals surface area contributed by atoms with Gasteiger partial charge in [-0.3, -0.25) is 13.8 Å². The fourth-order valence-electron chi connectivity index (χ4n) is 6.39. The highest BCUT2D eigenvalue weighted by molar-refractivity contribution is 7.47. The number of nitrogens with two attached hydrogens (primary N) is 1. The van der Waals surface area contributed by atoms with Crippen LogP contribution in [0.4, 0.5) is 0 Å². The highest BCUT2D eigenvalue weighted by Crippen LogP contribution is 2.43. The molecule has 0 heterocycles. The van der Waals surface area contributed by atoms with Crippen LogP contribution in [-0.2, 0) is 18.4 Å². The second-order valence-electron chi connectivity index (χ2n) is 15.2. The van der Waals surface area contributed by atoms with Gasteiger partial charge in [-0.1, -0.05) is 178 Å². The third kappa shape index (κ3) is 40.5. The number of allylic oxidation sites excluding steroid dienone is 7. The van der Waals surface area contributed by atoms with Crippen molar-refractivity contribution in [2.75, 3.05) is 19.8 Å². The van der Waals surface area contributed by atoms with Gasteiger partial charge in [0, 0.05) is 13.0 Å². The van der Waals surface area contributed by atoms with Gasteiger partial charge in [0.1, 0.15) is 0 Å². The molecule has 0 aliphatic rings. The average molecular weight is 795 g/mol. The van der Waals surface area contributed by atoms with Gasteiger partial charge >= 0.3 is 7.82 Å². The molecule has 0 rings (SSSR count). The first-order valence-electron chi connectivity index (χ1n) is 22.8. The first kappa shape index (κ1) is 53.5. The number of hydrogen-bond donors (Lipinski definition) is 4. The number of aliphatic hydroxyl groups excluding tert-OH is 1. The van der Waals surface area contributed by atoms with E-state index in [1.165, 1.54) is 141 Å². The van der Waals surface area contributed by atoms with E-state index in [-0.39, 0.29) is 25.7 Å². The lowest BCUT2D eigenvalue weighted by Crippen LogP contribution is -2.45. The average Bonchev–Trinajstić information content (AvgIpc) is 3.17. The highest BCUT2D eigenvalue weighted by Gasteiger charge is 2.26. The lowest BCUT2D eigenvalue weighted by atomic mass is 10.0. The van der Waals surface area contributed by atoms with Crippen molar-refractivity contribution < 1.29 is 28.4 Å². The standard InChI is InChI=1S/C46H87N2O6P/c1-3-5-7-9-11-13-15-17-19-21-22-24-26-28-30-32-34-36-38-40-46(50)48-44(43-54-55(51,52)53-42-41-47)45(49)39-37-35-33-31-29-27-25-23-20-18-16-14-12-10-8-6-4-2/h17,19-20,23,29,31,37,39,44-45,49H,3-16,18,21-22,24-28,30,32-36,38,40-43,47H2,1-2H3,(H,48,50)(H,51,52)/b19-17-,23-20+,31-29+,39-37+. The number of unbranched alkanes of at least 4 members (excludes halogenated alkanes) is 24. The normalized spacial score (nSPS) is 14.5. The fourth-order valence-corrected chi connectivity index (χ4v) is 7.15. The van der Waals surface area contributed by atoms with Gasteiger partial charge in [-0.2, -0.15) is 0 Å². The summed E-state index contributed by atoms with van der Waals surface area (Å²) in [5.74, 6) is -0.211. The van der Waals surface area contributed by atoms with Crippen molar-refractivity contribution in [1.29, 1.82) is 0 Å². The lowest BCUT2D eigenvalue weighted by Gasteiger charge is -2.23. The number of amides is 1. The van der Waals surface area contributed by atoms with Crippen LogP contribution in [0, 0.1) is 0 Å². The summed E-state index contributed by atoms with van der Waals surface area (Å²) in [7, 11) is -4.35. The molecule has 5 N–H and O–H groups in total. The van der Waals surface area contributed by atoms with Gasteiger partial charge in [0.05, 0.1) is 25.4 Å². The largest absolute Gasteiger partial charge is 0.472 e. The Morgan fingerprint density at radius 1 is 0.582 bits per heavy atom. The fraction of sp³-hybridized carbons (Fsp3) is 0.804. The number of hydrogen-bond acceptors (Lipinski definition) is 6. The van der Waals surface area contributed by atoms with Crippen LogP contribution in [0.2, 0.25) is 0 Å². The molecule has 0 bridgehead atoms. The van der Waals surface area contributed by atoms with E-state index in [0.29, 0.717) is 6.42 Å². The van der Waals surface area contributed by atoms with Crippen LogP contribution < -0.4 is 11.1 Å². The van der Waals surface area contributed by atoms with E-state index in [2.05, 4.69) is 55.6 Å². The SMILES string of the molecule is CCCCCCCC/C=C\CCCCCCCCCCCC(=O)NC(COP(=O)(O)OCCN)C(O)/C=C/CC/C=C/CC/C=C/CCCCCCCCC. The Bertz CT molecular complexity index is 1000. The third-order valence-electron chi connectivity index (χ3n) is 9.85. The van der Waals surface area contributed by atoms with Crippen LogP contribution in [-0.4, -0.2) is 47.8 Å². The molecule has 0 aliphatic heterocycles. The lowest BCUT2D eigenvalue weighted by molar-refractivity contribution is -0.123. The molecule has 0 radical (unpaired) electrons. The minimum absolute atomic E-state index is 0.0706. The van der Waals surface area contributed by atoms with Crippen LogP contribution in [0.25, 0.3) is 0 Å². The van der Waals surface area contributed by atoms with Crippen molar-refractivity contribution in [3.63, 3.8) is 0 Å². The second-order valence-corrected chi connectivity index (χ2v) is 16.7. The molecule has 9 heteroatoms. The van der Waals surface area contributed by atoms with Gasteiger partial charge in [-0.15, -0.1) is 0 Å². The molecule has 0 aromatic rings. The molecule has 3 unspecified atom stereocenters. The summed E-state index contributed by atoms with van der Waals surface area (Å²) in [6.07, 6.45) is 51.6. The predicted octanol–water partition coefficient (Wildman–Crippen LogP) is 12.9. The maximum atomic E-state index is 12.8. The van der Waals surface area contributed by atoms with Gasteiger partial charge in [-0.05, 0) is 70.6 Å². The molecule has 0 aromatic heterocycles. The predicted molar refractivity (Wildman–Crippen MR) is 235 cm³/mol. The molecule has 0 aliphatic carbocycles. The van der Waals surface area contributed by atoms with E-state index in [1.54, 1.807) is 6.08 Å². The van der Waals surface area contributed by atoms with Crippen LogP contribution in [0.3, 0.4) is 0 Å². The van der Waals surface area contributed by atoms with Crippen molar-refractivity contribution in [2.45, 2.75) is 219 Å². The van der Waals surface area contributed by atoms with Crippen molar-refractivity contribution >= 4 is 13.7 Å². The Morgan fingerprint density at radius 2 is 0.964 bits per heavy atom. The minimum Gasteiger partial charge on any atom is -0.387 e. The molecule has 0 fully saturated rings. The summed E-state index contributed by atoms with van der Waals surface area (Å²) in [5.41, 5.74) is 5.37. The van der Waals surface area contributed by atoms with Crippen molar-refractivity contribution in [3.8, 4) is 0 Å². The maximum Gasteiger partial charge on any atom is 0.472 e. The molecule has 0 spiro atoms. The van der Waals surface area contributed by atoms with Crippen molar-refractivity contribution in [2.24, 2.45) is 5.73 Å². The number of carbonyl (C=O) groups is 1. The summed E-state index contributed by atoms with van der Waals surface area (Å²) in [4.78, 5) is 22.7. The molecule has 3 atom stereocenters. The summed E-state index contributed by atoms with van der Waals surface area (Å²) < 4.78 is 22.1. The number of carbonyl (C=O) groups excluding carboxylic acids is 1. The van der Waals surface area contributed by atoms with E-state index >= 15 is 0 Å². The molecule has 0 aromatic carbocycles. The third-order valence-corrected chi connectivity index (χ3v) is 10.8. The molecular formula is C46H87N2O6P. The van der Waals surface area contributed by atoms with E-state index in [4.69, 9.17) is 14.8 Å². The Kier molecular flexibility index (Phi) is 40.9. The van der Waals surface area contributed by atoms with E-state index in [0.717, 1.165) is 44.9 Å². The zero-order valence-electron chi connectivity index (χ0n) is 35.7. The quantitative estimate of drug-likeness (QED) is 0.0275. The van der Waals surface area contributed by atoms with Crippen LogP contribution in [0.1, 0.15) is 206 Å². The first-order valence-corrected chi connectivity index (χ1v) is 24.3. The Labute approximate surface area is 339 Å². The van der Waals surface area contributed by atoms with E-state index in [9.17, 15) is 19.4 Å². The zero-order chi connectivity index (χ0) is 40.3. The number of nitrogens with one attached hydrogen (secondary N) is 1. The second kappa shape index (κ2) is 42.1. The maximum absolute atomic E-state index is 12.8. The minimum atomic E-state index is -4.35. The van der Waals surface area contributed by atoms with Gasteiger partial charge in [0.25, 0.3) is 0 Å². The zero-order valence-corrected chi connectivity index (χ0v) is 36.6. The Balaban J connectivity index is 4.26. The topological polar surface area (TPSA) is 131 Å². The summed E-state index contributed by atoms with van der Waals surface area (Å²) in [5, 5.41) is 13.7. The number of aliphatic hydroxyl groups is 1. The monoisotopic (exact) mass is 795 g/mol. The van der Waals surface area contributed by atoms with Gasteiger partial charge < -0.3 is 21.1 Å². The summed E-state index contributed by atoms with van der Waals surface area (Å²) in [6.45, 7) is 4.10. The van der Waals surface area contributed by atoms with E-state index < -0.39 is 20.0 Å². The summed E-state index contributed by atoms with van der Waals surface area (Å²) in [6, 6.07) is -0.884. The van der Waals surface area contributed by atoms with Gasteiger partial charge in [0.15, 0.2) is 0 Å². The summed E-state index contributed by atoms with van der Waals surface area (Å²) >= 11 is 0. The van der Waals surface area contributed by atoms with Gasteiger partial charge in [0.2, 0.25) is 5.91 Å². The van der Waals surface area contributed by atoms with Crippen LogP contribution in [0.5, 0.6) is 0 Å². The Morgan fingerprint density at radius 3 is 1.40 bits per heavy atom. The van der Waals surface area contributed by atoms with Crippen LogP contribution in [0.15, 0.2) is 48.6 Å². The number of phosphoric ester groups is 1. The van der Waals surface area contributed by atoms with E-state index in [1.807, 2.05) is 6.08 Å². The Hall–Kier alpha value is -1.54. The van der Waals surface area contributed by atoms with Crippen molar-refractivity contribution in [1.82, 2.24) is 5.32 Å². The highest BCUT2D eigenvalue weighted by atomic mass is 31.2. The first-order chi connectivity index (χ1) is 26.9. The number of phosphoric acid groups is 1. The molecule has 322 valence electrons. The molecule has 0 saturated heterocycles. The molecular weight excluding hydrogens is 707 g/mol. The number of rotatable bonds is 42. The molecule has 0 saturated carbocycles. The van der Waals surface area contributed by atoms with Crippen LogP contribution >= 0.6 is 7.82 Å². The molecule has 8 nitrogen and oxygen atoms in total.